The zero-order valence-electron chi connectivity index (χ0n) is 11.6. The SMILES string of the molecule is CC(C)NC(=O)CCNC1CCOC2(CCC2)C1. The van der Waals surface area contributed by atoms with E-state index in [1.165, 1.54) is 19.3 Å². The van der Waals surface area contributed by atoms with Crippen LogP contribution in [0.4, 0.5) is 0 Å². The minimum Gasteiger partial charge on any atom is -0.375 e. The van der Waals surface area contributed by atoms with Crippen molar-refractivity contribution >= 4 is 5.91 Å². The summed E-state index contributed by atoms with van der Waals surface area (Å²) in [5.41, 5.74) is 0.191. The molecule has 2 fully saturated rings. The molecular formula is C14H26N2O2. The van der Waals surface area contributed by atoms with Gasteiger partial charge in [-0.3, -0.25) is 4.79 Å². The first kappa shape index (κ1) is 13.8. The van der Waals surface area contributed by atoms with Gasteiger partial charge in [-0.05, 0) is 46.0 Å². The number of nitrogens with one attached hydrogen (secondary N) is 2. The van der Waals surface area contributed by atoms with Crippen molar-refractivity contribution in [2.45, 2.75) is 70.1 Å². The molecule has 0 aromatic carbocycles. The van der Waals surface area contributed by atoms with Crippen molar-refractivity contribution in [1.29, 1.82) is 0 Å². The monoisotopic (exact) mass is 254 g/mol. The molecule has 104 valence electrons. The van der Waals surface area contributed by atoms with Crippen LogP contribution in [0.1, 0.15) is 52.4 Å². The van der Waals surface area contributed by atoms with Crippen molar-refractivity contribution in [1.82, 2.24) is 10.6 Å². The molecule has 1 heterocycles. The fraction of sp³-hybridized carbons (Fsp3) is 0.929. The summed E-state index contributed by atoms with van der Waals surface area (Å²) < 4.78 is 5.89. The Morgan fingerprint density at radius 3 is 2.83 bits per heavy atom. The van der Waals surface area contributed by atoms with Crippen LogP contribution in [-0.2, 0) is 9.53 Å². The van der Waals surface area contributed by atoms with E-state index < -0.39 is 0 Å². The minimum atomic E-state index is 0.142. The molecule has 2 aliphatic rings. The summed E-state index contributed by atoms with van der Waals surface area (Å²) in [6, 6.07) is 0.768. The summed E-state index contributed by atoms with van der Waals surface area (Å²) in [5, 5.41) is 6.42. The predicted molar refractivity (Wildman–Crippen MR) is 71.5 cm³/mol. The quantitative estimate of drug-likeness (QED) is 0.783. The normalized spacial score (nSPS) is 26.1. The third kappa shape index (κ3) is 3.69. The lowest BCUT2D eigenvalue weighted by Crippen LogP contribution is -2.51. The second-order valence-electron chi connectivity index (χ2n) is 6.00. The Kier molecular flexibility index (Phi) is 4.62. The summed E-state index contributed by atoms with van der Waals surface area (Å²) in [4.78, 5) is 11.5. The maximum absolute atomic E-state index is 11.5. The van der Waals surface area contributed by atoms with E-state index in [1.807, 2.05) is 13.8 Å². The molecule has 1 atom stereocenters. The van der Waals surface area contributed by atoms with E-state index in [-0.39, 0.29) is 17.6 Å². The molecule has 0 aromatic heterocycles. The van der Waals surface area contributed by atoms with Gasteiger partial charge in [0, 0.05) is 31.7 Å². The molecule has 1 amide bonds. The fourth-order valence-electron chi connectivity index (χ4n) is 2.91. The van der Waals surface area contributed by atoms with E-state index in [1.54, 1.807) is 0 Å². The zero-order valence-corrected chi connectivity index (χ0v) is 11.6. The molecule has 1 spiro atoms. The van der Waals surface area contributed by atoms with Crippen molar-refractivity contribution in [3.8, 4) is 0 Å². The van der Waals surface area contributed by atoms with Gasteiger partial charge in [0.05, 0.1) is 5.60 Å². The van der Waals surface area contributed by atoms with Gasteiger partial charge in [0.1, 0.15) is 0 Å². The lowest BCUT2D eigenvalue weighted by atomic mass is 9.74. The topological polar surface area (TPSA) is 50.4 Å². The minimum absolute atomic E-state index is 0.142. The molecule has 2 rings (SSSR count). The highest BCUT2D eigenvalue weighted by Crippen LogP contribution is 2.42. The summed E-state index contributed by atoms with van der Waals surface area (Å²) in [6.45, 7) is 5.63. The standard InChI is InChI=1S/C14H26N2O2/c1-11(2)16-13(17)4-8-15-12-5-9-18-14(10-12)6-3-7-14/h11-12,15H,3-10H2,1-2H3,(H,16,17). The van der Waals surface area contributed by atoms with Crippen LogP contribution in [0.25, 0.3) is 0 Å². The number of amides is 1. The molecule has 2 N–H and O–H groups in total. The largest absolute Gasteiger partial charge is 0.375 e. The number of carbonyl (C=O) groups excluding carboxylic acids is 1. The van der Waals surface area contributed by atoms with Gasteiger partial charge in [0.25, 0.3) is 0 Å². The van der Waals surface area contributed by atoms with E-state index in [0.29, 0.717) is 12.5 Å². The summed E-state index contributed by atoms with van der Waals surface area (Å²) >= 11 is 0. The number of hydrogen-bond acceptors (Lipinski definition) is 3. The first-order valence-electron chi connectivity index (χ1n) is 7.26. The maximum atomic E-state index is 11.5. The first-order valence-corrected chi connectivity index (χ1v) is 7.26. The molecule has 0 radical (unpaired) electrons. The summed E-state index contributed by atoms with van der Waals surface area (Å²) in [6.07, 6.45) is 6.52. The fourth-order valence-corrected chi connectivity index (χ4v) is 2.91. The lowest BCUT2D eigenvalue weighted by molar-refractivity contribution is -0.135. The van der Waals surface area contributed by atoms with E-state index in [0.717, 1.165) is 26.0 Å². The van der Waals surface area contributed by atoms with E-state index >= 15 is 0 Å². The van der Waals surface area contributed by atoms with Crippen LogP contribution in [0, 0.1) is 0 Å². The van der Waals surface area contributed by atoms with Crippen LogP contribution in [0.3, 0.4) is 0 Å². The van der Waals surface area contributed by atoms with Gasteiger partial charge in [-0.15, -0.1) is 0 Å². The third-order valence-corrected chi connectivity index (χ3v) is 3.99. The Morgan fingerprint density at radius 2 is 2.22 bits per heavy atom. The van der Waals surface area contributed by atoms with E-state index in [4.69, 9.17) is 4.74 Å². The highest BCUT2D eigenvalue weighted by atomic mass is 16.5. The second-order valence-corrected chi connectivity index (χ2v) is 6.00. The first-order chi connectivity index (χ1) is 8.60. The molecular weight excluding hydrogens is 228 g/mol. The molecule has 4 heteroatoms. The Morgan fingerprint density at radius 1 is 1.44 bits per heavy atom. The number of carbonyl (C=O) groups is 1. The summed E-state index contributed by atoms with van der Waals surface area (Å²) in [5.74, 6) is 0.142. The van der Waals surface area contributed by atoms with Gasteiger partial charge in [-0.1, -0.05) is 0 Å². The van der Waals surface area contributed by atoms with Crippen LogP contribution in [0.5, 0.6) is 0 Å². The van der Waals surface area contributed by atoms with Crippen LogP contribution in [0.2, 0.25) is 0 Å². The Labute approximate surface area is 110 Å². The highest BCUT2D eigenvalue weighted by Gasteiger charge is 2.42. The average Bonchev–Trinajstić information content (AvgIpc) is 2.26. The maximum Gasteiger partial charge on any atom is 0.221 e. The van der Waals surface area contributed by atoms with Crippen LogP contribution in [-0.4, -0.2) is 36.7 Å². The lowest BCUT2D eigenvalue weighted by Gasteiger charge is -2.47. The van der Waals surface area contributed by atoms with Crippen molar-refractivity contribution in [3.63, 3.8) is 0 Å². The van der Waals surface area contributed by atoms with Crippen molar-refractivity contribution in [2.75, 3.05) is 13.2 Å². The molecule has 1 unspecified atom stereocenters. The van der Waals surface area contributed by atoms with Crippen LogP contribution in [0.15, 0.2) is 0 Å². The van der Waals surface area contributed by atoms with Crippen LogP contribution < -0.4 is 10.6 Å². The molecule has 1 saturated carbocycles. The smallest absolute Gasteiger partial charge is 0.221 e. The molecule has 0 aromatic rings. The molecule has 4 nitrogen and oxygen atoms in total. The van der Waals surface area contributed by atoms with Crippen molar-refractivity contribution in [2.24, 2.45) is 0 Å². The van der Waals surface area contributed by atoms with Gasteiger partial charge < -0.3 is 15.4 Å². The Bertz CT molecular complexity index is 288. The third-order valence-electron chi connectivity index (χ3n) is 3.99. The van der Waals surface area contributed by atoms with Gasteiger partial charge >= 0.3 is 0 Å². The Hall–Kier alpha value is -0.610. The van der Waals surface area contributed by atoms with Gasteiger partial charge in [-0.2, -0.15) is 0 Å². The molecule has 18 heavy (non-hydrogen) atoms. The van der Waals surface area contributed by atoms with E-state index in [2.05, 4.69) is 10.6 Å². The molecule has 1 aliphatic carbocycles. The number of rotatable bonds is 5. The van der Waals surface area contributed by atoms with Crippen molar-refractivity contribution in [3.05, 3.63) is 0 Å². The predicted octanol–water partition coefficient (Wildman–Crippen LogP) is 1.59. The Balaban J connectivity index is 1.63. The second kappa shape index (κ2) is 6.02. The average molecular weight is 254 g/mol. The number of hydrogen-bond donors (Lipinski definition) is 2. The molecule has 1 saturated heterocycles. The molecule has 0 bridgehead atoms. The van der Waals surface area contributed by atoms with Gasteiger partial charge in [0.15, 0.2) is 0 Å². The van der Waals surface area contributed by atoms with Gasteiger partial charge in [-0.25, -0.2) is 0 Å². The highest BCUT2D eigenvalue weighted by molar-refractivity contribution is 5.76. The zero-order chi connectivity index (χ0) is 13.0. The van der Waals surface area contributed by atoms with E-state index in [9.17, 15) is 4.79 Å². The molecule has 1 aliphatic heterocycles. The van der Waals surface area contributed by atoms with Crippen LogP contribution >= 0.6 is 0 Å². The van der Waals surface area contributed by atoms with Gasteiger partial charge in [0.2, 0.25) is 5.91 Å². The number of ether oxygens (including phenoxy) is 1. The summed E-state index contributed by atoms with van der Waals surface area (Å²) in [7, 11) is 0. The van der Waals surface area contributed by atoms with Crippen molar-refractivity contribution < 1.29 is 9.53 Å².